The lowest BCUT2D eigenvalue weighted by molar-refractivity contribution is -0.277. The van der Waals surface area contributed by atoms with Crippen LogP contribution in [0.2, 0.25) is 0 Å². The Morgan fingerprint density at radius 1 is 0.968 bits per heavy atom. The third-order valence-corrected chi connectivity index (χ3v) is 4.83. The first-order valence-corrected chi connectivity index (χ1v) is 9.12. The van der Waals surface area contributed by atoms with Gasteiger partial charge < -0.3 is 50.0 Å². The quantitative estimate of drug-likeness (QED) is 0.281. The van der Waals surface area contributed by atoms with Gasteiger partial charge in [-0.15, -0.1) is 0 Å². The maximum absolute atomic E-state index is 13.0. The number of phenols is 3. The highest BCUT2D eigenvalue weighted by Gasteiger charge is 2.45. The number of carbonyl (C=O) groups excluding carboxylic acids is 1. The topological polar surface area (TPSA) is 186 Å². The van der Waals surface area contributed by atoms with Gasteiger partial charge in [0.15, 0.2) is 11.5 Å². The van der Waals surface area contributed by atoms with E-state index in [0.29, 0.717) is 0 Å². The predicted molar refractivity (Wildman–Crippen MR) is 102 cm³/mol. The van der Waals surface area contributed by atoms with Crippen LogP contribution in [0, 0.1) is 0 Å². The second-order valence-corrected chi connectivity index (χ2v) is 6.87. The van der Waals surface area contributed by atoms with Crippen LogP contribution >= 0.6 is 0 Å². The number of ether oxygens (including phenoxy) is 3. The van der Waals surface area contributed by atoms with Gasteiger partial charge in [0, 0.05) is 17.7 Å². The SMILES string of the molecule is COc1cc(C(=O)c2c(O)cc(O)cc2O[C@@H]2O[C@H](CO)[C@@H](O)[C@H](O)[C@H]2O)ccc1O. The molecule has 5 atom stereocenters. The highest BCUT2D eigenvalue weighted by atomic mass is 16.7. The minimum atomic E-state index is -1.78. The number of hydrogen-bond acceptors (Lipinski definition) is 11. The number of benzene rings is 2. The van der Waals surface area contributed by atoms with Crippen molar-refractivity contribution in [1.82, 2.24) is 0 Å². The van der Waals surface area contributed by atoms with Gasteiger partial charge in [-0.05, 0) is 18.2 Å². The van der Waals surface area contributed by atoms with Crippen LogP contribution in [0.4, 0.5) is 0 Å². The van der Waals surface area contributed by atoms with Crippen molar-refractivity contribution in [3.8, 4) is 28.7 Å². The zero-order valence-electron chi connectivity index (χ0n) is 16.2. The lowest BCUT2D eigenvalue weighted by Crippen LogP contribution is -2.60. The van der Waals surface area contributed by atoms with Crippen LogP contribution in [0.1, 0.15) is 15.9 Å². The van der Waals surface area contributed by atoms with E-state index in [1.807, 2.05) is 0 Å². The van der Waals surface area contributed by atoms with Crippen LogP contribution in [0.3, 0.4) is 0 Å². The van der Waals surface area contributed by atoms with Gasteiger partial charge in [0.1, 0.15) is 47.2 Å². The van der Waals surface area contributed by atoms with Gasteiger partial charge in [-0.3, -0.25) is 4.79 Å². The smallest absolute Gasteiger partial charge is 0.229 e. The molecule has 31 heavy (non-hydrogen) atoms. The van der Waals surface area contributed by atoms with E-state index in [4.69, 9.17) is 14.2 Å². The van der Waals surface area contributed by atoms with Crippen molar-refractivity contribution in [3.05, 3.63) is 41.5 Å². The molecule has 0 radical (unpaired) electrons. The van der Waals surface area contributed by atoms with Crippen molar-refractivity contribution in [3.63, 3.8) is 0 Å². The number of aromatic hydroxyl groups is 3. The molecule has 11 nitrogen and oxygen atoms in total. The average Bonchev–Trinajstić information content (AvgIpc) is 2.73. The van der Waals surface area contributed by atoms with E-state index in [-0.39, 0.29) is 17.1 Å². The van der Waals surface area contributed by atoms with Gasteiger partial charge in [0.25, 0.3) is 0 Å². The minimum absolute atomic E-state index is 0.000482. The van der Waals surface area contributed by atoms with Crippen LogP contribution < -0.4 is 9.47 Å². The molecule has 1 aliphatic rings. The normalized spacial score (nSPS) is 25.8. The molecule has 0 aromatic heterocycles. The van der Waals surface area contributed by atoms with Gasteiger partial charge in [-0.1, -0.05) is 0 Å². The van der Waals surface area contributed by atoms with E-state index in [1.165, 1.54) is 25.3 Å². The Kier molecular flexibility index (Phi) is 6.53. The van der Waals surface area contributed by atoms with Crippen molar-refractivity contribution in [2.75, 3.05) is 13.7 Å². The van der Waals surface area contributed by atoms with Crippen LogP contribution in [0.25, 0.3) is 0 Å². The summed E-state index contributed by atoms with van der Waals surface area (Å²) in [4.78, 5) is 13.0. The van der Waals surface area contributed by atoms with Crippen molar-refractivity contribution >= 4 is 5.78 Å². The summed E-state index contributed by atoms with van der Waals surface area (Å²) in [7, 11) is 1.29. The number of ketones is 1. The number of phenolic OH excluding ortho intramolecular Hbond substituents is 3. The Labute approximate surface area is 175 Å². The van der Waals surface area contributed by atoms with Crippen molar-refractivity contribution in [2.24, 2.45) is 0 Å². The lowest BCUT2D eigenvalue weighted by atomic mass is 9.98. The van der Waals surface area contributed by atoms with Gasteiger partial charge in [0.2, 0.25) is 12.1 Å². The zero-order chi connectivity index (χ0) is 22.9. The van der Waals surface area contributed by atoms with Crippen LogP contribution in [-0.2, 0) is 4.74 Å². The van der Waals surface area contributed by atoms with E-state index >= 15 is 0 Å². The van der Waals surface area contributed by atoms with Gasteiger partial charge >= 0.3 is 0 Å². The van der Waals surface area contributed by atoms with E-state index in [2.05, 4.69) is 0 Å². The van der Waals surface area contributed by atoms with Crippen molar-refractivity contribution in [2.45, 2.75) is 30.7 Å². The van der Waals surface area contributed by atoms with Crippen molar-refractivity contribution in [1.29, 1.82) is 0 Å². The first-order chi connectivity index (χ1) is 14.7. The molecule has 11 heteroatoms. The number of carbonyl (C=O) groups is 1. The molecule has 1 saturated heterocycles. The van der Waals surface area contributed by atoms with E-state index < -0.39 is 65.9 Å². The highest BCUT2D eigenvalue weighted by Crippen LogP contribution is 2.37. The fourth-order valence-corrected chi connectivity index (χ4v) is 3.16. The molecule has 168 valence electrons. The van der Waals surface area contributed by atoms with Crippen molar-refractivity contribution < 1.29 is 54.8 Å². The molecule has 1 heterocycles. The molecule has 0 saturated carbocycles. The van der Waals surface area contributed by atoms with Crippen LogP contribution in [0.5, 0.6) is 28.7 Å². The van der Waals surface area contributed by atoms with E-state index in [9.17, 15) is 40.5 Å². The van der Waals surface area contributed by atoms with Crippen LogP contribution in [0.15, 0.2) is 30.3 Å². The molecular formula is C20H22O11. The minimum Gasteiger partial charge on any atom is -0.508 e. The first kappa shape index (κ1) is 22.6. The maximum atomic E-state index is 13.0. The molecule has 0 amide bonds. The number of aliphatic hydroxyl groups excluding tert-OH is 4. The highest BCUT2D eigenvalue weighted by molar-refractivity contribution is 6.12. The summed E-state index contributed by atoms with van der Waals surface area (Å²) in [5.74, 6) is -2.53. The van der Waals surface area contributed by atoms with E-state index in [0.717, 1.165) is 12.1 Å². The number of hydrogen-bond donors (Lipinski definition) is 7. The number of methoxy groups -OCH3 is 1. The Morgan fingerprint density at radius 2 is 1.68 bits per heavy atom. The molecule has 7 N–H and O–H groups in total. The summed E-state index contributed by atoms with van der Waals surface area (Å²) >= 11 is 0. The number of rotatable bonds is 6. The van der Waals surface area contributed by atoms with Gasteiger partial charge in [0.05, 0.1) is 13.7 Å². The maximum Gasteiger partial charge on any atom is 0.229 e. The monoisotopic (exact) mass is 438 g/mol. The molecule has 1 fully saturated rings. The summed E-state index contributed by atoms with van der Waals surface area (Å²) in [5, 5.41) is 69.1. The fraction of sp³-hybridized carbons (Fsp3) is 0.350. The first-order valence-electron chi connectivity index (χ1n) is 9.12. The van der Waals surface area contributed by atoms with Gasteiger partial charge in [-0.2, -0.15) is 0 Å². The summed E-state index contributed by atoms with van der Waals surface area (Å²) in [6.45, 7) is -0.699. The Bertz CT molecular complexity index is 958. The molecule has 0 unspecified atom stereocenters. The summed E-state index contributed by atoms with van der Waals surface area (Å²) in [5.41, 5.74) is -0.420. The van der Waals surface area contributed by atoms with E-state index in [1.54, 1.807) is 0 Å². The number of aliphatic hydroxyl groups is 4. The zero-order valence-corrected chi connectivity index (χ0v) is 16.2. The molecule has 0 aliphatic carbocycles. The summed E-state index contributed by atoms with van der Waals surface area (Å²) in [6, 6.07) is 5.57. The molecule has 2 aromatic rings. The molecule has 1 aliphatic heterocycles. The molecule has 0 spiro atoms. The summed E-state index contributed by atoms with van der Waals surface area (Å²) in [6.07, 6.45) is -8.06. The lowest BCUT2D eigenvalue weighted by Gasteiger charge is -2.39. The third kappa shape index (κ3) is 4.36. The molecule has 2 aromatic carbocycles. The van der Waals surface area contributed by atoms with Crippen LogP contribution in [-0.4, -0.2) is 86.0 Å². The second-order valence-electron chi connectivity index (χ2n) is 6.87. The molecule has 0 bridgehead atoms. The Hall–Kier alpha value is -3.09. The fourth-order valence-electron chi connectivity index (χ4n) is 3.16. The second kappa shape index (κ2) is 8.96. The standard InChI is InChI=1S/C20H22O11/c1-29-12-4-8(2-3-10(12)23)16(25)15-11(24)5-9(22)6-13(15)30-20-19(28)18(27)17(26)14(7-21)31-20/h2-6,14,17-24,26-28H,7H2,1H3/t14-,17-,18+,19-,20-/m1/s1. The molecule has 3 rings (SSSR count). The summed E-state index contributed by atoms with van der Waals surface area (Å²) < 4.78 is 15.7. The average molecular weight is 438 g/mol. The Balaban J connectivity index is 1.99. The largest absolute Gasteiger partial charge is 0.508 e. The third-order valence-electron chi connectivity index (χ3n) is 4.83. The van der Waals surface area contributed by atoms with Gasteiger partial charge in [-0.25, -0.2) is 0 Å². The molecular weight excluding hydrogens is 416 g/mol. The predicted octanol–water partition coefficient (Wildman–Crippen LogP) is -0.778. The Morgan fingerprint density at radius 3 is 2.32 bits per heavy atom.